The fraction of sp³-hybridized carbons (Fsp3) is 0.857. The largest absolute Gasteiger partial charge is 0.458 e. The summed E-state index contributed by atoms with van der Waals surface area (Å²) in [4.78, 5) is 0. The van der Waals surface area contributed by atoms with Crippen LogP contribution in [0.25, 0.3) is 0 Å². The molecule has 98 valence electrons. The van der Waals surface area contributed by atoms with Crippen LogP contribution >= 0.6 is 0 Å². The van der Waals surface area contributed by atoms with Crippen LogP contribution in [0.15, 0.2) is 11.6 Å². The summed E-state index contributed by atoms with van der Waals surface area (Å²) < 4.78 is 5.20. The summed E-state index contributed by atoms with van der Waals surface area (Å²) in [7, 11) is -0.558. The normalized spacial score (nSPS) is 16.1. The molecular weight excluding hydrogens is 211 g/mol. The molecule has 0 saturated heterocycles. The van der Waals surface area contributed by atoms with Crippen molar-refractivity contribution in [3.05, 3.63) is 11.6 Å². The highest BCUT2D eigenvalue weighted by Crippen LogP contribution is 2.17. The van der Waals surface area contributed by atoms with E-state index in [1.54, 1.807) is 0 Å². The van der Waals surface area contributed by atoms with E-state index in [-0.39, 0.29) is 0 Å². The van der Waals surface area contributed by atoms with Crippen molar-refractivity contribution in [2.24, 2.45) is 0 Å². The monoisotopic (exact) mass is 238 g/mol. The van der Waals surface area contributed by atoms with Gasteiger partial charge in [0.15, 0.2) is 0 Å². The Bertz CT molecular complexity index is 216. The van der Waals surface area contributed by atoms with Crippen LogP contribution in [0.4, 0.5) is 0 Å². The van der Waals surface area contributed by atoms with Crippen LogP contribution < -0.4 is 0 Å². The van der Waals surface area contributed by atoms with Crippen molar-refractivity contribution in [2.45, 2.75) is 71.0 Å². The molecular formula is C14H27BO2. The highest BCUT2D eigenvalue weighted by atomic mass is 16.5. The molecule has 2 nitrogen and oxygen atoms in total. The van der Waals surface area contributed by atoms with E-state index >= 15 is 0 Å². The molecule has 1 N–H and O–H groups in total. The zero-order valence-electron chi connectivity index (χ0n) is 11.3. The summed E-state index contributed by atoms with van der Waals surface area (Å²) in [5.74, 6) is 0. The van der Waals surface area contributed by atoms with Gasteiger partial charge >= 0.3 is 7.12 Å². The van der Waals surface area contributed by atoms with Gasteiger partial charge in [-0.2, -0.15) is 0 Å². The minimum Gasteiger partial charge on any atom is -0.427 e. The molecule has 0 saturated carbocycles. The first-order chi connectivity index (χ1) is 8.33. The Balaban J connectivity index is 1.87. The zero-order chi connectivity index (χ0) is 12.3. The summed E-state index contributed by atoms with van der Waals surface area (Å²) in [5.41, 5.74) is 1.38. The molecule has 1 aliphatic rings. The lowest BCUT2D eigenvalue weighted by atomic mass is 9.81. The molecule has 0 amide bonds. The van der Waals surface area contributed by atoms with Gasteiger partial charge in [0.05, 0.1) is 6.61 Å². The average Bonchev–Trinajstić information content (AvgIpc) is 2.35. The summed E-state index contributed by atoms with van der Waals surface area (Å²) >= 11 is 0. The molecule has 1 heterocycles. The van der Waals surface area contributed by atoms with Crippen molar-refractivity contribution in [3.8, 4) is 0 Å². The van der Waals surface area contributed by atoms with Crippen molar-refractivity contribution in [1.29, 1.82) is 0 Å². The van der Waals surface area contributed by atoms with Gasteiger partial charge in [0, 0.05) is 6.32 Å². The second-order valence-electron chi connectivity index (χ2n) is 5.09. The molecule has 0 aromatic heterocycles. The average molecular weight is 238 g/mol. The summed E-state index contributed by atoms with van der Waals surface area (Å²) in [6, 6.07) is 0. The van der Waals surface area contributed by atoms with Gasteiger partial charge < -0.3 is 9.68 Å². The molecule has 0 bridgehead atoms. The van der Waals surface area contributed by atoms with Gasteiger partial charge in [-0.1, -0.05) is 63.5 Å². The van der Waals surface area contributed by atoms with Gasteiger partial charge in [-0.25, -0.2) is 0 Å². The summed E-state index contributed by atoms with van der Waals surface area (Å²) in [6.07, 6.45) is 14.9. The lowest BCUT2D eigenvalue weighted by Crippen LogP contribution is -2.22. The van der Waals surface area contributed by atoms with E-state index in [0.29, 0.717) is 12.9 Å². The van der Waals surface area contributed by atoms with E-state index in [2.05, 4.69) is 13.0 Å². The molecule has 0 aromatic carbocycles. The molecule has 0 aromatic rings. The fourth-order valence-electron chi connectivity index (χ4n) is 2.26. The van der Waals surface area contributed by atoms with Crippen molar-refractivity contribution in [1.82, 2.24) is 0 Å². The highest BCUT2D eigenvalue weighted by Gasteiger charge is 2.16. The third kappa shape index (κ3) is 7.61. The fourth-order valence-corrected chi connectivity index (χ4v) is 2.26. The molecule has 0 spiro atoms. The Morgan fingerprint density at radius 1 is 1.12 bits per heavy atom. The van der Waals surface area contributed by atoms with Gasteiger partial charge in [-0.05, 0) is 12.8 Å². The second-order valence-corrected chi connectivity index (χ2v) is 5.09. The minimum absolute atomic E-state index is 0.558. The van der Waals surface area contributed by atoms with Gasteiger partial charge in [-0.3, -0.25) is 0 Å². The van der Waals surface area contributed by atoms with Gasteiger partial charge in [-0.15, -0.1) is 0 Å². The second kappa shape index (κ2) is 9.72. The van der Waals surface area contributed by atoms with Gasteiger partial charge in [0.2, 0.25) is 0 Å². The van der Waals surface area contributed by atoms with Gasteiger partial charge in [0.1, 0.15) is 0 Å². The smallest absolute Gasteiger partial charge is 0.427 e. The number of hydrogen-bond acceptors (Lipinski definition) is 2. The van der Waals surface area contributed by atoms with Crippen molar-refractivity contribution in [2.75, 3.05) is 6.61 Å². The molecule has 1 aliphatic heterocycles. The number of unbranched alkanes of at least 4 members (excludes halogenated alkanes) is 7. The Kier molecular flexibility index (Phi) is 8.46. The predicted molar refractivity (Wildman–Crippen MR) is 74.0 cm³/mol. The van der Waals surface area contributed by atoms with Crippen LogP contribution in [0, 0.1) is 0 Å². The summed E-state index contributed by atoms with van der Waals surface area (Å²) in [5, 5.41) is 9.17. The first kappa shape index (κ1) is 14.8. The van der Waals surface area contributed by atoms with Gasteiger partial charge in [0.25, 0.3) is 0 Å². The Hall–Kier alpha value is -0.275. The van der Waals surface area contributed by atoms with E-state index < -0.39 is 7.12 Å². The molecule has 1 rings (SSSR count). The molecule has 0 fully saturated rings. The third-order valence-corrected chi connectivity index (χ3v) is 3.42. The van der Waals surface area contributed by atoms with E-state index in [1.807, 2.05) is 0 Å². The zero-order valence-corrected chi connectivity index (χ0v) is 11.3. The number of rotatable bonds is 9. The van der Waals surface area contributed by atoms with E-state index in [1.165, 1.54) is 56.9 Å². The Labute approximate surface area is 107 Å². The van der Waals surface area contributed by atoms with Crippen LogP contribution in [0.3, 0.4) is 0 Å². The maximum absolute atomic E-state index is 9.17. The van der Waals surface area contributed by atoms with Crippen LogP contribution in [-0.2, 0) is 4.65 Å². The SMILES string of the molecule is CCCCCCCCCCC1=CCB(O)OC1. The number of hydrogen-bond donors (Lipinski definition) is 1. The van der Waals surface area contributed by atoms with E-state index in [9.17, 15) is 5.02 Å². The first-order valence-electron chi connectivity index (χ1n) is 7.30. The van der Waals surface area contributed by atoms with Crippen molar-refractivity contribution >= 4 is 7.12 Å². The Morgan fingerprint density at radius 3 is 2.35 bits per heavy atom. The van der Waals surface area contributed by atoms with Crippen LogP contribution in [-0.4, -0.2) is 18.7 Å². The van der Waals surface area contributed by atoms with Crippen molar-refractivity contribution in [3.63, 3.8) is 0 Å². The van der Waals surface area contributed by atoms with Crippen LogP contribution in [0.2, 0.25) is 6.32 Å². The maximum Gasteiger partial charge on any atom is 0.458 e. The molecule has 0 atom stereocenters. The lowest BCUT2D eigenvalue weighted by molar-refractivity contribution is 0.275. The van der Waals surface area contributed by atoms with E-state index in [4.69, 9.17) is 4.65 Å². The molecule has 17 heavy (non-hydrogen) atoms. The Morgan fingerprint density at radius 2 is 1.76 bits per heavy atom. The predicted octanol–water partition coefficient (Wildman–Crippen LogP) is 3.95. The molecule has 0 unspecified atom stereocenters. The minimum atomic E-state index is -0.558. The number of allylic oxidation sites excluding steroid dienone is 1. The van der Waals surface area contributed by atoms with Crippen LogP contribution in [0.1, 0.15) is 64.7 Å². The molecule has 0 aliphatic carbocycles. The first-order valence-corrected chi connectivity index (χ1v) is 7.30. The third-order valence-electron chi connectivity index (χ3n) is 3.42. The standard InChI is InChI=1S/C14H27BO2/c1-2-3-4-5-6-7-8-9-10-14-11-12-15(16)17-13-14/h11,16H,2-10,12-13H2,1H3. The van der Waals surface area contributed by atoms with Crippen molar-refractivity contribution < 1.29 is 9.68 Å². The van der Waals surface area contributed by atoms with Crippen LogP contribution in [0.5, 0.6) is 0 Å². The summed E-state index contributed by atoms with van der Waals surface area (Å²) in [6.45, 7) is 2.90. The topological polar surface area (TPSA) is 29.5 Å². The molecule has 0 radical (unpaired) electrons. The molecule has 3 heteroatoms. The lowest BCUT2D eigenvalue weighted by Gasteiger charge is -2.15. The quantitative estimate of drug-likeness (QED) is 0.374. The van der Waals surface area contributed by atoms with E-state index in [0.717, 1.165) is 6.42 Å². The maximum atomic E-state index is 9.17. The highest BCUT2D eigenvalue weighted by molar-refractivity contribution is 6.43.